The van der Waals surface area contributed by atoms with Crippen LogP contribution in [0, 0.1) is 17.0 Å². The lowest BCUT2D eigenvalue weighted by atomic mass is 10.2. The number of benzene rings is 1. The highest BCUT2D eigenvalue weighted by Gasteiger charge is 2.21. The average molecular weight is 254 g/mol. The van der Waals surface area contributed by atoms with Gasteiger partial charge >= 0.3 is 0 Å². The maximum absolute atomic E-state index is 12.2. The topological polar surface area (TPSA) is 63.5 Å². The van der Waals surface area contributed by atoms with Crippen LogP contribution >= 0.6 is 0 Å². The molecule has 2 rings (SSSR count). The van der Waals surface area contributed by atoms with Crippen molar-refractivity contribution in [3.05, 3.63) is 33.9 Å². The van der Waals surface area contributed by atoms with Gasteiger partial charge in [0.1, 0.15) is 11.0 Å². The fourth-order valence-electron chi connectivity index (χ4n) is 1.94. The molecule has 17 heavy (non-hydrogen) atoms. The molecule has 0 bridgehead atoms. The Hall–Kier alpha value is -1.27. The van der Waals surface area contributed by atoms with E-state index in [0.717, 1.165) is 25.9 Å². The summed E-state index contributed by atoms with van der Waals surface area (Å²) in [4.78, 5) is 10.9. The first-order valence-corrected chi connectivity index (χ1v) is 6.62. The highest BCUT2D eigenvalue weighted by atomic mass is 32.2. The van der Waals surface area contributed by atoms with Crippen molar-refractivity contribution in [3.63, 3.8) is 0 Å². The molecule has 0 spiro atoms. The minimum absolute atomic E-state index is 0.0460. The van der Waals surface area contributed by atoms with E-state index in [2.05, 4.69) is 0 Å². The Kier molecular flexibility index (Phi) is 3.54. The van der Waals surface area contributed by atoms with E-state index in [4.69, 9.17) is 0 Å². The SMILES string of the molecule is Cc1cc([N+](=O)[O-])ccc1S(=O)N1CCCC1. The van der Waals surface area contributed by atoms with Gasteiger partial charge in [-0.3, -0.25) is 10.1 Å². The Morgan fingerprint density at radius 1 is 1.35 bits per heavy atom. The number of rotatable bonds is 3. The van der Waals surface area contributed by atoms with Crippen molar-refractivity contribution in [1.82, 2.24) is 4.31 Å². The van der Waals surface area contributed by atoms with Crippen molar-refractivity contribution in [2.24, 2.45) is 0 Å². The lowest BCUT2D eigenvalue weighted by Gasteiger charge is -2.15. The van der Waals surface area contributed by atoms with Crippen molar-refractivity contribution >= 4 is 16.7 Å². The van der Waals surface area contributed by atoms with Gasteiger partial charge in [0, 0.05) is 25.2 Å². The van der Waals surface area contributed by atoms with Crippen LogP contribution in [0.25, 0.3) is 0 Å². The van der Waals surface area contributed by atoms with Gasteiger partial charge < -0.3 is 0 Å². The van der Waals surface area contributed by atoms with Crippen LogP contribution in [0.3, 0.4) is 0 Å². The summed E-state index contributed by atoms with van der Waals surface area (Å²) in [6.45, 7) is 3.43. The maximum atomic E-state index is 12.2. The van der Waals surface area contributed by atoms with E-state index in [1.807, 2.05) is 4.31 Å². The maximum Gasteiger partial charge on any atom is 0.269 e. The van der Waals surface area contributed by atoms with Gasteiger partial charge in [-0.1, -0.05) is 0 Å². The van der Waals surface area contributed by atoms with Crippen LogP contribution in [0.2, 0.25) is 0 Å². The summed E-state index contributed by atoms with van der Waals surface area (Å²) in [5, 5.41) is 10.6. The summed E-state index contributed by atoms with van der Waals surface area (Å²) in [5.41, 5.74) is 0.758. The van der Waals surface area contributed by atoms with Crippen molar-refractivity contribution in [2.45, 2.75) is 24.7 Å². The van der Waals surface area contributed by atoms with Crippen LogP contribution in [-0.2, 0) is 11.0 Å². The lowest BCUT2D eigenvalue weighted by Crippen LogP contribution is -2.22. The van der Waals surface area contributed by atoms with Gasteiger partial charge in [-0.2, -0.15) is 0 Å². The van der Waals surface area contributed by atoms with Crippen molar-refractivity contribution in [1.29, 1.82) is 0 Å². The van der Waals surface area contributed by atoms with E-state index in [9.17, 15) is 14.3 Å². The van der Waals surface area contributed by atoms with Gasteiger partial charge in [0.05, 0.1) is 9.82 Å². The first-order chi connectivity index (χ1) is 8.09. The molecular formula is C11H14N2O3S. The number of nitrogens with zero attached hydrogens (tertiary/aromatic N) is 2. The first-order valence-electron chi connectivity index (χ1n) is 5.51. The number of hydrogen-bond acceptors (Lipinski definition) is 3. The van der Waals surface area contributed by atoms with Crippen molar-refractivity contribution in [2.75, 3.05) is 13.1 Å². The highest BCUT2D eigenvalue weighted by molar-refractivity contribution is 7.82. The fourth-order valence-corrected chi connectivity index (χ4v) is 3.32. The van der Waals surface area contributed by atoms with Crippen molar-refractivity contribution in [3.8, 4) is 0 Å². The van der Waals surface area contributed by atoms with Crippen LogP contribution in [0.5, 0.6) is 0 Å². The zero-order chi connectivity index (χ0) is 12.4. The van der Waals surface area contributed by atoms with E-state index in [1.165, 1.54) is 12.1 Å². The summed E-state index contributed by atoms with van der Waals surface area (Å²) in [6.07, 6.45) is 2.13. The van der Waals surface area contributed by atoms with E-state index in [1.54, 1.807) is 13.0 Å². The van der Waals surface area contributed by atoms with Crippen LogP contribution in [0.1, 0.15) is 18.4 Å². The van der Waals surface area contributed by atoms with Gasteiger partial charge in [0.25, 0.3) is 5.69 Å². The van der Waals surface area contributed by atoms with Gasteiger partial charge in [-0.25, -0.2) is 8.51 Å². The highest BCUT2D eigenvalue weighted by Crippen LogP contribution is 2.23. The molecule has 0 aliphatic carbocycles. The van der Waals surface area contributed by atoms with Gasteiger partial charge in [0.2, 0.25) is 0 Å². The van der Waals surface area contributed by atoms with E-state index < -0.39 is 15.9 Å². The largest absolute Gasteiger partial charge is 0.269 e. The molecule has 5 nitrogen and oxygen atoms in total. The Balaban J connectivity index is 2.26. The third kappa shape index (κ3) is 2.53. The minimum Gasteiger partial charge on any atom is -0.258 e. The summed E-state index contributed by atoms with van der Waals surface area (Å²) in [5.74, 6) is 0. The summed E-state index contributed by atoms with van der Waals surface area (Å²) in [6, 6.07) is 4.49. The van der Waals surface area contributed by atoms with E-state index in [0.29, 0.717) is 10.5 Å². The molecule has 1 fully saturated rings. The van der Waals surface area contributed by atoms with E-state index >= 15 is 0 Å². The summed E-state index contributed by atoms with van der Waals surface area (Å²) in [7, 11) is -1.18. The molecule has 0 N–H and O–H groups in total. The van der Waals surface area contributed by atoms with Crippen LogP contribution in [0.15, 0.2) is 23.1 Å². The zero-order valence-corrected chi connectivity index (χ0v) is 10.4. The number of hydrogen-bond donors (Lipinski definition) is 0. The zero-order valence-electron chi connectivity index (χ0n) is 9.59. The number of nitro benzene ring substituents is 1. The number of aryl methyl sites for hydroxylation is 1. The van der Waals surface area contributed by atoms with Gasteiger partial charge in [-0.15, -0.1) is 0 Å². The molecule has 1 saturated heterocycles. The van der Waals surface area contributed by atoms with Crippen LogP contribution in [-0.4, -0.2) is 26.5 Å². The number of non-ortho nitro benzene ring substituents is 1. The van der Waals surface area contributed by atoms with Gasteiger partial charge in [0.15, 0.2) is 0 Å². The quantitative estimate of drug-likeness (QED) is 0.612. The third-order valence-corrected chi connectivity index (χ3v) is 4.53. The third-order valence-electron chi connectivity index (χ3n) is 2.86. The molecule has 1 aliphatic rings. The molecule has 1 aromatic carbocycles. The minimum atomic E-state index is -1.18. The average Bonchev–Trinajstić information content (AvgIpc) is 2.81. The predicted octanol–water partition coefficient (Wildman–Crippen LogP) is 2.02. The number of nitro groups is 1. The van der Waals surface area contributed by atoms with Crippen molar-refractivity contribution < 1.29 is 9.13 Å². The second kappa shape index (κ2) is 4.93. The fraction of sp³-hybridized carbons (Fsp3) is 0.455. The first kappa shape index (κ1) is 12.2. The Morgan fingerprint density at radius 2 is 2.00 bits per heavy atom. The van der Waals surface area contributed by atoms with Crippen LogP contribution < -0.4 is 0 Å². The molecule has 1 heterocycles. The molecule has 0 amide bonds. The van der Waals surface area contributed by atoms with Gasteiger partial charge in [-0.05, 0) is 31.4 Å². The molecule has 1 atom stereocenters. The monoisotopic (exact) mass is 254 g/mol. The molecule has 1 aliphatic heterocycles. The predicted molar refractivity (Wildman–Crippen MR) is 65.0 cm³/mol. The second-order valence-corrected chi connectivity index (χ2v) is 5.55. The summed E-state index contributed by atoms with van der Waals surface area (Å²) >= 11 is 0. The van der Waals surface area contributed by atoms with Crippen LogP contribution in [0.4, 0.5) is 5.69 Å². The standard InChI is InChI=1S/C11H14N2O3S/c1-9-8-10(13(14)15)4-5-11(9)17(16)12-6-2-3-7-12/h4-5,8H,2-3,6-7H2,1H3. The molecule has 1 aromatic rings. The molecule has 6 heteroatoms. The molecule has 0 saturated carbocycles. The normalized spacial score (nSPS) is 18.2. The smallest absolute Gasteiger partial charge is 0.258 e. The lowest BCUT2D eigenvalue weighted by molar-refractivity contribution is -0.385. The molecular weight excluding hydrogens is 240 g/mol. The summed E-state index contributed by atoms with van der Waals surface area (Å²) < 4.78 is 14.1. The Bertz CT molecular complexity index is 470. The second-order valence-electron chi connectivity index (χ2n) is 4.09. The Labute approximate surface area is 102 Å². The molecule has 92 valence electrons. The Morgan fingerprint density at radius 3 is 2.53 bits per heavy atom. The molecule has 1 unspecified atom stereocenters. The molecule has 0 aromatic heterocycles. The molecule has 0 radical (unpaired) electrons. The van der Waals surface area contributed by atoms with E-state index in [-0.39, 0.29) is 5.69 Å².